The first kappa shape index (κ1) is 12.2. The van der Waals surface area contributed by atoms with Crippen LogP contribution in [0.25, 0.3) is 0 Å². The molecular formula is C16H23NO. The smallest absolute Gasteiger partial charge is 0.0649 e. The summed E-state index contributed by atoms with van der Waals surface area (Å²) >= 11 is 0. The standard InChI is InChI=1S/C16H23NO/c17-12-16(11-14-8-9-15(16)18-14)10-4-7-13-5-2-1-3-6-13/h1-3,5-6,14-15H,4,7-12,17H2. The lowest BCUT2D eigenvalue weighted by Crippen LogP contribution is -2.39. The predicted molar refractivity (Wildman–Crippen MR) is 73.4 cm³/mol. The fourth-order valence-corrected chi connectivity index (χ4v) is 3.76. The molecule has 2 N–H and O–H groups in total. The molecule has 2 heteroatoms. The average molecular weight is 245 g/mol. The molecule has 2 bridgehead atoms. The maximum absolute atomic E-state index is 6.05. The minimum Gasteiger partial charge on any atom is -0.374 e. The maximum atomic E-state index is 6.05. The summed E-state index contributed by atoms with van der Waals surface area (Å²) < 4.78 is 6.00. The molecule has 2 nitrogen and oxygen atoms in total. The molecule has 3 rings (SSSR count). The number of rotatable bonds is 5. The Morgan fingerprint density at radius 2 is 2.06 bits per heavy atom. The summed E-state index contributed by atoms with van der Waals surface area (Å²) in [6.45, 7) is 0.795. The third-order valence-corrected chi connectivity index (χ3v) is 4.81. The van der Waals surface area contributed by atoms with Gasteiger partial charge >= 0.3 is 0 Å². The largest absolute Gasteiger partial charge is 0.374 e. The van der Waals surface area contributed by atoms with E-state index >= 15 is 0 Å². The average Bonchev–Trinajstić information content (AvgIpc) is 3.01. The van der Waals surface area contributed by atoms with Crippen molar-refractivity contribution in [3.63, 3.8) is 0 Å². The summed E-state index contributed by atoms with van der Waals surface area (Å²) in [6.07, 6.45) is 8.26. The first-order valence-electron chi connectivity index (χ1n) is 7.22. The SMILES string of the molecule is NCC1(CCCc2ccccc2)CC2CCC1O2. The van der Waals surface area contributed by atoms with Crippen LogP contribution in [-0.4, -0.2) is 18.8 Å². The Morgan fingerprint density at radius 3 is 2.67 bits per heavy atom. The third kappa shape index (κ3) is 2.19. The van der Waals surface area contributed by atoms with E-state index in [1.807, 2.05) is 0 Å². The lowest BCUT2D eigenvalue weighted by molar-refractivity contribution is 0.0590. The molecular weight excluding hydrogens is 222 g/mol. The first-order valence-corrected chi connectivity index (χ1v) is 7.22. The zero-order chi connectivity index (χ0) is 12.4. The Hall–Kier alpha value is -0.860. The van der Waals surface area contributed by atoms with E-state index in [9.17, 15) is 0 Å². The lowest BCUT2D eigenvalue weighted by atomic mass is 9.70. The fraction of sp³-hybridized carbons (Fsp3) is 0.625. The Morgan fingerprint density at radius 1 is 1.22 bits per heavy atom. The molecule has 0 aliphatic carbocycles. The van der Waals surface area contributed by atoms with Crippen molar-refractivity contribution in [1.82, 2.24) is 0 Å². The maximum Gasteiger partial charge on any atom is 0.0649 e. The van der Waals surface area contributed by atoms with E-state index in [0.29, 0.717) is 12.2 Å². The molecule has 18 heavy (non-hydrogen) atoms. The van der Waals surface area contributed by atoms with Crippen molar-refractivity contribution < 1.29 is 4.74 Å². The van der Waals surface area contributed by atoms with Crippen LogP contribution in [0, 0.1) is 5.41 Å². The van der Waals surface area contributed by atoms with Crippen LogP contribution < -0.4 is 5.73 Å². The van der Waals surface area contributed by atoms with Gasteiger partial charge in [-0.2, -0.15) is 0 Å². The molecule has 1 aromatic rings. The second-order valence-electron chi connectivity index (χ2n) is 5.93. The Labute approximate surface area is 110 Å². The van der Waals surface area contributed by atoms with Crippen LogP contribution in [0.3, 0.4) is 0 Å². The molecule has 98 valence electrons. The molecule has 0 amide bonds. The molecule has 0 spiro atoms. The number of aryl methyl sites for hydroxylation is 1. The van der Waals surface area contributed by atoms with E-state index < -0.39 is 0 Å². The van der Waals surface area contributed by atoms with Crippen molar-refractivity contribution in [3.8, 4) is 0 Å². The minimum absolute atomic E-state index is 0.289. The van der Waals surface area contributed by atoms with Gasteiger partial charge in [-0.25, -0.2) is 0 Å². The highest BCUT2D eigenvalue weighted by Gasteiger charge is 2.50. The van der Waals surface area contributed by atoms with Gasteiger partial charge < -0.3 is 10.5 Å². The minimum atomic E-state index is 0.289. The van der Waals surface area contributed by atoms with Gasteiger partial charge in [-0.05, 0) is 44.1 Å². The highest BCUT2D eigenvalue weighted by atomic mass is 16.5. The van der Waals surface area contributed by atoms with Gasteiger partial charge in [0.2, 0.25) is 0 Å². The Bertz CT molecular complexity index is 391. The number of hydrogen-bond donors (Lipinski definition) is 1. The van der Waals surface area contributed by atoms with Crippen molar-refractivity contribution >= 4 is 0 Å². The number of ether oxygens (including phenoxy) is 1. The molecule has 2 aliphatic heterocycles. The topological polar surface area (TPSA) is 35.2 Å². The van der Waals surface area contributed by atoms with Crippen LogP contribution in [0.4, 0.5) is 0 Å². The lowest BCUT2D eigenvalue weighted by Gasteiger charge is -2.34. The van der Waals surface area contributed by atoms with E-state index in [1.54, 1.807) is 0 Å². The Kier molecular flexibility index (Phi) is 3.40. The van der Waals surface area contributed by atoms with Gasteiger partial charge in [-0.15, -0.1) is 0 Å². The van der Waals surface area contributed by atoms with Crippen molar-refractivity contribution in [2.45, 2.75) is 50.7 Å². The van der Waals surface area contributed by atoms with Crippen molar-refractivity contribution in [1.29, 1.82) is 0 Å². The van der Waals surface area contributed by atoms with Gasteiger partial charge in [0.1, 0.15) is 0 Å². The van der Waals surface area contributed by atoms with Crippen LogP contribution in [0.2, 0.25) is 0 Å². The van der Waals surface area contributed by atoms with Gasteiger partial charge in [0.05, 0.1) is 12.2 Å². The zero-order valence-electron chi connectivity index (χ0n) is 11.0. The molecule has 1 aromatic carbocycles. The molecule has 2 fully saturated rings. The number of nitrogens with two attached hydrogens (primary N) is 1. The number of hydrogen-bond acceptors (Lipinski definition) is 2. The molecule has 0 saturated carbocycles. The van der Waals surface area contributed by atoms with E-state index in [1.165, 1.54) is 44.1 Å². The van der Waals surface area contributed by atoms with Crippen molar-refractivity contribution in [2.24, 2.45) is 11.1 Å². The quantitative estimate of drug-likeness (QED) is 0.865. The normalized spacial score (nSPS) is 34.1. The summed E-state index contributed by atoms with van der Waals surface area (Å²) in [5.74, 6) is 0. The molecule has 2 heterocycles. The van der Waals surface area contributed by atoms with Gasteiger partial charge in [0.15, 0.2) is 0 Å². The first-order chi connectivity index (χ1) is 8.82. The summed E-state index contributed by atoms with van der Waals surface area (Å²) in [6, 6.07) is 10.7. The van der Waals surface area contributed by atoms with E-state index in [4.69, 9.17) is 10.5 Å². The second-order valence-corrected chi connectivity index (χ2v) is 5.93. The van der Waals surface area contributed by atoms with E-state index in [-0.39, 0.29) is 5.41 Å². The molecule has 3 unspecified atom stereocenters. The fourth-order valence-electron chi connectivity index (χ4n) is 3.76. The second kappa shape index (κ2) is 5.02. The molecule has 2 aliphatic rings. The molecule has 3 atom stereocenters. The van der Waals surface area contributed by atoms with Crippen molar-refractivity contribution in [2.75, 3.05) is 6.54 Å². The number of fused-ring (bicyclic) bond motifs is 2. The summed E-state index contributed by atoms with van der Waals surface area (Å²) in [4.78, 5) is 0. The third-order valence-electron chi connectivity index (χ3n) is 4.81. The number of benzene rings is 1. The van der Waals surface area contributed by atoms with Crippen LogP contribution in [0.15, 0.2) is 30.3 Å². The van der Waals surface area contributed by atoms with Crippen LogP contribution in [-0.2, 0) is 11.2 Å². The monoisotopic (exact) mass is 245 g/mol. The predicted octanol–water partition coefficient (Wildman–Crippen LogP) is 2.91. The van der Waals surface area contributed by atoms with Gasteiger partial charge in [-0.3, -0.25) is 0 Å². The molecule has 0 radical (unpaired) electrons. The summed E-state index contributed by atoms with van der Waals surface area (Å²) in [7, 11) is 0. The van der Waals surface area contributed by atoms with E-state index in [2.05, 4.69) is 30.3 Å². The zero-order valence-corrected chi connectivity index (χ0v) is 11.0. The Balaban J connectivity index is 1.56. The van der Waals surface area contributed by atoms with Crippen molar-refractivity contribution in [3.05, 3.63) is 35.9 Å². The summed E-state index contributed by atoms with van der Waals surface area (Å²) in [5.41, 5.74) is 7.78. The summed E-state index contributed by atoms with van der Waals surface area (Å²) in [5, 5.41) is 0. The highest BCUT2D eigenvalue weighted by Crippen LogP contribution is 2.49. The van der Waals surface area contributed by atoms with Gasteiger partial charge in [0.25, 0.3) is 0 Å². The molecule has 0 aromatic heterocycles. The van der Waals surface area contributed by atoms with Gasteiger partial charge in [0, 0.05) is 12.0 Å². The highest BCUT2D eigenvalue weighted by molar-refractivity contribution is 5.14. The van der Waals surface area contributed by atoms with E-state index in [0.717, 1.165) is 6.54 Å². The molecule has 2 saturated heterocycles. The van der Waals surface area contributed by atoms with Crippen LogP contribution in [0.1, 0.15) is 37.7 Å². The van der Waals surface area contributed by atoms with Crippen LogP contribution >= 0.6 is 0 Å². The van der Waals surface area contributed by atoms with Crippen LogP contribution in [0.5, 0.6) is 0 Å². The van der Waals surface area contributed by atoms with Gasteiger partial charge in [-0.1, -0.05) is 30.3 Å².